The largest absolute Gasteiger partial charge is 0.324 e. The van der Waals surface area contributed by atoms with Crippen LogP contribution in [0.25, 0.3) is 15.9 Å². The van der Waals surface area contributed by atoms with Crippen LogP contribution < -0.4 is 10.9 Å². The standard InChI is InChI=1S/C24H20Cl3N3O2S2/c1-3-4-19-13(2)21-22(34-19)29-24(30(23(21)32)16-8-5-14(25)6-9-16)33-12-20(31)28-18-10-7-15(26)11-17(18)27/h5-11H,3-4,12H2,1-2H3,(H,28,31). The summed E-state index contributed by atoms with van der Waals surface area (Å²) in [5, 5.41) is 5.22. The number of hydrogen-bond acceptors (Lipinski definition) is 5. The molecular formula is C24H20Cl3N3O2S2. The summed E-state index contributed by atoms with van der Waals surface area (Å²) in [6.45, 7) is 4.07. The molecule has 0 radical (unpaired) electrons. The normalized spacial score (nSPS) is 11.2. The molecule has 4 rings (SSSR count). The van der Waals surface area contributed by atoms with E-state index in [4.69, 9.17) is 39.8 Å². The molecule has 0 spiro atoms. The third-order valence-electron chi connectivity index (χ3n) is 5.13. The molecule has 2 heterocycles. The van der Waals surface area contributed by atoms with Gasteiger partial charge in [-0.1, -0.05) is 59.9 Å². The van der Waals surface area contributed by atoms with E-state index in [0.29, 0.717) is 41.8 Å². The van der Waals surface area contributed by atoms with Crippen molar-refractivity contribution in [3.8, 4) is 5.69 Å². The van der Waals surface area contributed by atoms with Gasteiger partial charge in [-0.15, -0.1) is 11.3 Å². The first kappa shape index (κ1) is 25.1. The van der Waals surface area contributed by atoms with Gasteiger partial charge in [0.05, 0.1) is 27.5 Å². The third kappa shape index (κ3) is 5.29. The van der Waals surface area contributed by atoms with Crippen molar-refractivity contribution >= 4 is 79.7 Å². The predicted octanol–water partition coefficient (Wildman–Crippen LogP) is 7.40. The highest BCUT2D eigenvalue weighted by Gasteiger charge is 2.20. The summed E-state index contributed by atoms with van der Waals surface area (Å²) >= 11 is 20.9. The molecule has 0 fully saturated rings. The van der Waals surface area contributed by atoms with Crippen molar-refractivity contribution in [2.24, 2.45) is 0 Å². The van der Waals surface area contributed by atoms with Crippen molar-refractivity contribution in [2.75, 3.05) is 11.1 Å². The molecule has 176 valence electrons. The third-order valence-corrected chi connectivity index (χ3v) is 8.12. The number of rotatable bonds is 7. The average Bonchev–Trinajstić information content (AvgIpc) is 3.11. The molecule has 2 aromatic carbocycles. The first-order valence-electron chi connectivity index (χ1n) is 10.5. The minimum Gasteiger partial charge on any atom is -0.324 e. The Morgan fingerprint density at radius 1 is 1.12 bits per heavy atom. The topological polar surface area (TPSA) is 64.0 Å². The van der Waals surface area contributed by atoms with Crippen molar-refractivity contribution in [3.63, 3.8) is 0 Å². The van der Waals surface area contributed by atoms with Gasteiger partial charge in [0.1, 0.15) is 4.83 Å². The van der Waals surface area contributed by atoms with E-state index in [1.54, 1.807) is 47.0 Å². The summed E-state index contributed by atoms with van der Waals surface area (Å²) in [5.41, 5.74) is 1.91. The summed E-state index contributed by atoms with van der Waals surface area (Å²) in [6, 6.07) is 11.8. The van der Waals surface area contributed by atoms with Crippen molar-refractivity contribution in [2.45, 2.75) is 31.8 Å². The number of halogens is 3. The number of fused-ring (bicyclic) bond motifs is 1. The van der Waals surface area contributed by atoms with Gasteiger partial charge in [-0.05, 0) is 61.4 Å². The SMILES string of the molecule is CCCc1sc2nc(SCC(=O)Nc3ccc(Cl)cc3Cl)n(-c3ccc(Cl)cc3)c(=O)c2c1C. The van der Waals surface area contributed by atoms with Gasteiger partial charge in [0.2, 0.25) is 5.91 Å². The number of hydrogen-bond donors (Lipinski definition) is 1. The lowest BCUT2D eigenvalue weighted by molar-refractivity contribution is -0.113. The minimum atomic E-state index is -0.278. The van der Waals surface area contributed by atoms with E-state index >= 15 is 0 Å². The van der Waals surface area contributed by atoms with Gasteiger partial charge >= 0.3 is 0 Å². The highest BCUT2D eigenvalue weighted by molar-refractivity contribution is 7.99. The molecule has 0 aliphatic heterocycles. The number of aryl methyl sites for hydroxylation is 2. The smallest absolute Gasteiger partial charge is 0.267 e. The number of nitrogens with one attached hydrogen (secondary N) is 1. The molecule has 0 atom stereocenters. The lowest BCUT2D eigenvalue weighted by Gasteiger charge is -2.13. The Morgan fingerprint density at radius 3 is 2.50 bits per heavy atom. The quantitative estimate of drug-likeness (QED) is 0.192. The maximum atomic E-state index is 13.6. The van der Waals surface area contributed by atoms with E-state index in [0.717, 1.165) is 23.3 Å². The van der Waals surface area contributed by atoms with Gasteiger partial charge < -0.3 is 5.32 Å². The fraction of sp³-hybridized carbons (Fsp3) is 0.208. The molecule has 2 aromatic heterocycles. The maximum absolute atomic E-state index is 13.6. The van der Waals surface area contributed by atoms with Crippen LogP contribution in [0.4, 0.5) is 5.69 Å². The predicted molar refractivity (Wildman–Crippen MR) is 145 cm³/mol. The molecule has 0 aliphatic rings. The summed E-state index contributed by atoms with van der Waals surface area (Å²) in [5.74, 6) is -0.239. The van der Waals surface area contributed by atoms with Crippen molar-refractivity contribution in [1.82, 2.24) is 9.55 Å². The molecule has 34 heavy (non-hydrogen) atoms. The number of carbonyl (C=O) groups excluding carboxylic acids is 1. The second kappa shape index (κ2) is 10.7. The van der Waals surface area contributed by atoms with Gasteiger partial charge in [-0.25, -0.2) is 4.98 Å². The maximum Gasteiger partial charge on any atom is 0.267 e. The number of amides is 1. The second-order valence-electron chi connectivity index (χ2n) is 7.55. The minimum absolute atomic E-state index is 0.0384. The summed E-state index contributed by atoms with van der Waals surface area (Å²) in [7, 11) is 0. The highest BCUT2D eigenvalue weighted by Crippen LogP contribution is 2.31. The van der Waals surface area contributed by atoms with Gasteiger partial charge in [-0.2, -0.15) is 0 Å². The monoisotopic (exact) mass is 551 g/mol. The highest BCUT2D eigenvalue weighted by atomic mass is 35.5. The molecule has 0 saturated carbocycles. The van der Waals surface area contributed by atoms with Crippen LogP contribution in [-0.2, 0) is 11.2 Å². The van der Waals surface area contributed by atoms with Crippen molar-refractivity contribution < 1.29 is 4.79 Å². The van der Waals surface area contributed by atoms with Gasteiger partial charge in [0, 0.05) is 14.9 Å². The number of thioether (sulfide) groups is 1. The van der Waals surface area contributed by atoms with Crippen LogP contribution in [0.2, 0.25) is 15.1 Å². The van der Waals surface area contributed by atoms with Crippen LogP contribution in [-0.4, -0.2) is 21.2 Å². The van der Waals surface area contributed by atoms with E-state index in [-0.39, 0.29) is 17.2 Å². The lowest BCUT2D eigenvalue weighted by atomic mass is 10.1. The molecule has 10 heteroatoms. The average molecular weight is 553 g/mol. The zero-order valence-corrected chi connectivity index (χ0v) is 22.2. The van der Waals surface area contributed by atoms with E-state index in [2.05, 4.69) is 12.2 Å². The Labute approximate surface area is 220 Å². The van der Waals surface area contributed by atoms with Crippen LogP contribution in [0.3, 0.4) is 0 Å². The molecule has 5 nitrogen and oxygen atoms in total. The Balaban J connectivity index is 1.71. The summed E-state index contributed by atoms with van der Waals surface area (Å²) in [4.78, 5) is 32.9. The van der Waals surface area contributed by atoms with Crippen molar-refractivity contribution in [1.29, 1.82) is 0 Å². The number of carbonyl (C=O) groups is 1. The van der Waals surface area contributed by atoms with Crippen LogP contribution in [0.15, 0.2) is 52.4 Å². The second-order valence-corrected chi connectivity index (χ2v) is 10.9. The van der Waals surface area contributed by atoms with E-state index in [1.807, 2.05) is 6.92 Å². The molecular weight excluding hydrogens is 533 g/mol. The van der Waals surface area contributed by atoms with Gasteiger partial charge in [-0.3, -0.25) is 14.2 Å². The fourth-order valence-electron chi connectivity index (χ4n) is 3.50. The van der Waals surface area contributed by atoms with Crippen molar-refractivity contribution in [3.05, 3.63) is 78.3 Å². The molecule has 0 bridgehead atoms. The molecule has 0 unspecified atom stereocenters. The zero-order chi connectivity index (χ0) is 24.4. The van der Waals surface area contributed by atoms with Crippen LogP contribution in [0.1, 0.15) is 23.8 Å². The van der Waals surface area contributed by atoms with E-state index in [1.165, 1.54) is 23.1 Å². The zero-order valence-electron chi connectivity index (χ0n) is 18.3. The first-order chi connectivity index (χ1) is 16.3. The molecule has 0 aliphatic carbocycles. The molecule has 1 N–H and O–H groups in total. The fourth-order valence-corrected chi connectivity index (χ4v) is 6.21. The Kier molecular flexibility index (Phi) is 7.90. The van der Waals surface area contributed by atoms with Gasteiger partial charge in [0.15, 0.2) is 5.16 Å². The van der Waals surface area contributed by atoms with Gasteiger partial charge in [0.25, 0.3) is 5.56 Å². The number of nitrogens with zero attached hydrogens (tertiary/aromatic N) is 2. The number of benzene rings is 2. The number of thiophene rings is 1. The molecule has 4 aromatic rings. The Morgan fingerprint density at radius 2 is 1.82 bits per heavy atom. The number of anilines is 1. The molecule has 1 amide bonds. The first-order valence-corrected chi connectivity index (χ1v) is 13.4. The van der Waals surface area contributed by atoms with E-state index in [9.17, 15) is 9.59 Å². The Hall–Kier alpha value is -2.03. The van der Waals surface area contributed by atoms with Crippen LogP contribution in [0.5, 0.6) is 0 Å². The van der Waals surface area contributed by atoms with Crippen LogP contribution >= 0.6 is 57.9 Å². The molecule has 0 saturated heterocycles. The van der Waals surface area contributed by atoms with Crippen LogP contribution in [0, 0.1) is 6.92 Å². The lowest BCUT2D eigenvalue weighted by Crippen LogP contribution is -2.23. The Bertz CT molecular complexity index is 1430. The van der Waals surface area contributed by atoms with E-state index < -0.39 is 0 Å². The summed E-state index contributed by atoms with van der Waals surface area (Å²) in [6.07, 6.45) is 1.87. The summed E-state index contributed by atoms with van der Waals surface area (Å²) < 4.78 is 1.54. The number of aromatic nitrogens is 2.